The van der Waals surface area contributed by atoms with Crippen molar-refractivity contribution in [1.82, 2.24) is 4.90 Å². The molecule has 6 nitrogen and oxygen atoms in total. The maximum Gasteiger partial charge on any atom is 0.288 e. The second-order valence-corrected chi connectivity index (χ2v) is 5.06. The number of hydrogen-bond acceptors (Lipinski definition) is 5. The summed E-state index contributed by atoms with van der Waals surface area (Å²) in [6.45, 7) is -0.255. The summed E-state index contributed by atoms with van der Waals surface area (Å²) >= 11 is 1.05. The summed E-state index contributed by atoms with van der Waals surface area (Å²) in [4.78, 5) is 35.8. The minimum atomic E-state index is -0.408. The summed E-state index contributed by atoms with van der Waals surface area (Å²) in [5, 5.41) is 2.24. The smallest absolute Gasteiger partial charge is 0.288 e. The number of thioether (sulfide) groups is 1. The molecular weight excluding hydrogens is 266 g/mol. The summed E-state index contributed by atoms with van der Waals surface area (Å²) in [6.07, 6.45) is 0.283. The van der Waals surface area contributed by atoms with Crippen LogP contribution in [0.25, 0.3) is 0 Å². The van der Waals surface area contributed by atoms with Gasteiger partial charge in [0.1, 0.15) is 6.54 Å². The third-order valence-electron chi connectivity index (χ3n) is 2.56. The number of carbonyl (C=O) groups is 3. The van der Waals surface area contributed by atoms with E-state index in [9.17, 15) is 14.4 Å². The number of hydrogen-bond donors (Lipinski definition) is 2. The highest BCUT2D eigenvalue weighted by molar-refractivity contribution is 8.13. The minimum Gasteiger partial charge on any atom is -0.399 e. The first kappa shape index (κ1) is 13.4. The molecule has 0 unspecified atom stereocenters. The molecular formula is C12H13N3O3S. The number of rotatable bonds is 3. The Hall–Kier alpha value is -2.02. The van der Waals surface area contributed by atoms with Crippen LogP contribution in [0.2, 0.25) is 0 Å². The predicted octanol–water partition coefficient (Wildman–Crippen LogP) is 1.29. The van der Waals surface area contributed by atoms with E-state index in [-0.39, 0.29) is 24.1 Å². The van der Waals surface area contributed by atoms with Crippen LogP contribution in [-0.4, -0.2) is 34.3 Å². The van der Waals surface area contributed by atoms with E-state index in [0.717, 1.165) is 16.7 Å². The van der Waals surface area contributed by atoms with Crippen molar-refractivity contribution in [2.75, 3.05) is 23.3 Å². The third-order valence-corrected chi connectivity index (χ3v) is 3.43. The average molecular weight is 279 g/mol. The fourth-order valence-electron chi connectivity index (χ4n) is 1.60. The molecule has 0 aromatic heterocycles. The van der Waals surface area contributed by atoms with Gasteiger partial charge in [-0.2, -0.15) is 0 Å². The highest BCUT2D eigenvalue weighted by Crippen LogP contribution is 2.18. The van der Waals surface area contributed by atoms with Crippen LogP contribution in [-0.2, 0) is 9.59 Å². The van der Waals surface area contributed by atoms with Gasteiger partial charge in [-0.3, -0.25) is 19.3 Å². The maximum absolute atomic E-state index is 11.8. The molecule has 100 valence electrons. The average Bonchev–Trinajstić information content (AvgIpc) is 2.37. The van der Waals surface area contributed by atoms with Crippen molar-refractivity contribution in [3.63, 3.8) is 0 Å². The number of nitrogen functional groups attached to an aromatic ring is 1. The van der Waals surface area contributed by atoms with E-state index >= 15 is 0 Å². The van der Waals surface area contributed by atoms with Crippen molar-refractivity contribution < 1.29 is 14.4 Å². The molecule has 0 saturated carbocycles. The van der Waals surface area contributed by atoms with Crippen LogP contribution in [0, 0.1) is 0 Å². The van der Waals surface area contributed by atoms with Gasteiger partial charge >= 0.3 is 0 Å². The van der Waals surface area contributed by atoms with Crippen molar-refractivity contribution in [1.29, 1.82) is 0 Å². The van der Waals surface area contributed by atoms with Gasteiger partial charge in [0.2, 0.25) is 11.8 Å². The number of amides is 3. The molecule has 1 aliphatic heterocycles. The van der Waals surface area contributed by atoms with Crippen molar-refractivity contribution in [3.05, 3.63) is 24.3 Å². The highest BCUT2D eigenvalue weighted by atomic mass is 32.2. The van der Waals surface area contributed by atoms with Crippen LogP contribution in [0.1, 0.15) is 6.42 Å². The SMILES string of the molecule is Nc1ccc(NC(=O)CN2C(=O)CCSC2=O)cc1. The Morgan fingerprint density at radius 1 is 1.32 bits per heavy atom. The molecule has 1 heterocycles. The molecule has 1 fully saturated rings. The topological polar surface area (TPSA) is 92.5 Å². The van der Waals surface area contributed by atoms with Crippen molar-refractivity contribution >= 4 is 40.2 Å². The Labute approximate surface area is 114 Å². The Morgan fingerprint density at radius 2 is 2.00 bits per heavy atom. The lowest BCUT2D eigenvalue weighted by Gasteiger charge is -2.23. The Morgan fingerprint density at radius 3 is 2.63 bits per heavy atom. The first-order valence-electron chi connectivity index (χ1n) is 5.69. The van der Waals surface area contributed by atoms with Crippen LogP contribution < -0.4 is 11.1 Å². The van der Waals surface area contributed by atoms with Crippen LogP contribution in [0.3, 0.4) is 0 Å². The highest BCUT2D eigenvalue weighted by Gasteiger charge is 2.28. The van der Waals surface area contributed by atoms with Crippen molar-refractivity contribution in [2.45, 2.75) is 6.42 Å². The van der Waals surface area contributed by atoms with Gasteiger partial charge in [0.05, 0.1) is 0 Å². The Balaban J connectivity index is 1.95. The summed E-state index contributed by atoms with van der Waals surface area (Å²) in [7, 11) is 0. The molecule has 2 rings (SSSR count). The third kappa shape index (κ3) is 3.47. The number of carbonyl (C=O) groups excluding carboxylic acids is 3. The van der Waals surface area contributed by atoms with E-state index in [2.05, 4.69) is 5.32 Å². The molecule has 0 aliphatic carbocycles. The zero-order valence-electron chi connectivity index (χ0n) is 10.1. The molecule has 19 heavy (non-hydrogen) atoms. The van der Waals surface area contributed by atoms with E-state index in [1.54, 1.807) is 24.3 Å². The zero-order valence-corrected chi connectivity index (χ0v) is 10.9. The Kier molecular flexibility index (Phi) is 4.06. The van der Waals surface area contributed by atoms with Gasteiger partial charge < -0.3 is 11.1 Å². The van der Waals surface area contributed by atoms with Gasteiger partial charge in [-0.15, -0.1) is 0 Å². The lowest BCUT2D eigenvalue weighted by Crippen LogP contribution is -2.43. The number of nitrogens with zero attached hydrogens (tertiary/aromatic N) is 1. The van der Waals surface area contributed by atoms with Crippen LogP contribution in [0.5, 0.6) is 0 Å². The second-order valence-electron chi connectivity index (χ2n) is 4.01. The molecule has 1 aliphatic rings. The van der Waals surface area contributed by atoms with Crippen LogP contribution in [0.4, 0.5) is 16.2 Å². The molecule has 3 N–H and O–H groups in total. The second kappa shape index (κ2) is 5.75. The van der Waals surface area contributed by atoms with Crippen LogP contribution in [0.15, 0.2) is 24.3 Å². The molecule has 1 aromatic rings. The fraction of sp³-hybridized carbons (Fsp3) is 0.250. The van der Waals surface area contributed by atoms with Gasteiger partial charge in [0.15, 0.2) is 0 Å². The minimum absolute atomic E-state index is 0.255. The quantitative estimate of drug-likeness (QED) is 0.813. The lowest BCUT2D eigenvalue weighted by atomic mass is 10.3. The number of nitrogens with two attached hydrogens (primary N) is 1. The zero-order chi connectivity index (χ0) is 13.8. The first-order valence-corrected chi connectivity index (χ1v) is 6.67. The maximum atomic E-state index is 11.8. The molecule has 0 radical (unpaired) electrons. The van der Waals surface area contributed by atoms with Crippen molar-refractivity contribution in [3.8, 4) is 0 Å². The van der Waals surface area contributed by atoms with E-state index in [1.807, 2.05) is 0 Å². The predicted molar refractivity (Wildman–Crippen MR) is 73.7 cm³/mol. The number of nitrogens with one attached hydrogen (secondary N) is 1. The van der Waals surface area contributed by atoms with Gasteiger partial charge in [-0.05, 0) is 24.3 Å². The van der Waals surface area contributed by atoms with E-state index in [4.69, 9.17) is 5.73 Å². The molecule has 1 aromatic carbocycles. The molecule has 0 atom stereocenters. The Bertz CT molecular complexity index is 499. The van der Waals surface area contributed by atoms with E-state index < -0.39 is 5.91 Å². The van der Waals surface area contributed by atoms with E-state index in [1.165, 1.54) is 0 Å². The normalized spacial score (nSPS) is 15.5. The van der Waals surface area contributed by atoms with Gasteiger partial charge in [0, 0.05) is 23.5 Å². The molecule has 0 bridgehead atoms. The lowest BCUT2D eigenvalue weighted by molar-refractivity contribution is -0.131. The number of anilines is 2. The summed E-state index contributed by atoms with van der Waals surface area (Å²) in [5.74, 6) is -0.238. The molecule has 1 saturated heterocycles. The summed E-state index contributed by atoms with van der Waals surface area (Å²) in [5.41, 5.74) is 6.70. The van der Waals surface area contributed by atoms with Gasteiger partial charge in [-0.25, -0.2) is 0 Å². The largest absolute Gasteiger partial charge is 0.399 e. The van der Waals surface area contributed by atoms with Crippen molar-refractivity contribution in [2.24, 2.45) is 0 Å². The fourth-order valence-corrected chi connectivity index (χ4v) is 2.38. The number of imide groups is 1. The summed E-state index contributed by atoms with van der Waals surface area (Å²) in [6, 6.07) is 6.62. The molecule has 7 heteroatoms. The standard InChI is InChI=1S/C12H13N3O3S/c13-8-1-3-9(4-2-8)14-10(16)7-15-11(17)5-6-19-12(15)18/h1-4H,5-7,13H2,(H,14,16). The molecule has 3 amide bonds. The summed E-state index contributed by atoms with van der Waals surface area (Å²) < 4.78 is 0. The van der Waals surface area contributed by atoms with Crippen LogP contribution >= 0.6 is 11.8 Å². The molecule has 0 spiro atoms. The van der Waals surface area contributed by atoms with E-state index in [0.29, 0.717) is 17.1 Å². The monoisotopic (exact) mass is 279 g/mol. The first-order chi connectivity index (χ1) is 9.06. The van der Waals surface area contributed by atoms with Gasteiger partial charge in [-0.1, -0.05) is 11.8 Å². The van der Waals surface area contributed by atoms with Gasteiger partial charge in [0.25, 0.3) is 5.24 Å². The number of benzene rings is 1.